The van der Waals surface area contributed by atoms with Crippen LogP contribution < -0.4 is 19.3 Å². The maximum absolute atomic E-state index is 11.3. The summed E-state index contributed by atoms with van der Waals surface area (Å²) >= 11 is 0. The Labute approximate surface area is 189 Å². The Hall–Kier alpha value is -3.12. The standard InChI is InChI=1S/C21H21N4O4.Pt/c1-24(2)14-8-9-22-19(11-14)28-16-6-5-7-17(13-16)29-20-12-15(25(3)4)10-18(23-20)21(26)27;/h5-12H,1-4H3,(H,26,27);/q-1;. The van der Waals surface area contributed by atoms with Gasteiger partial charge >= 0.3 is 5.97 Å². The zero-order valence-corrected chi connectivity index (χ0v) is 19.2. The number of hydrogen-bond acceptors (Lipinski definition) is 7. The number of carboxylic acids is 1. The average Bonchev–Trinajstić information content (AvgIpc) is 2.68. The number of rotatable bonds is 7. The van der Waals surface area contributed by atoms with E-state index in [2.05, 4.69) is 16.0 Å². The first kappa shape index (κ1) is 23.2. The maximum atomic E-state index is 11.3. The molecule has 0 radical (unpaired) electrons. The van der Waals surface area contributed by atoms with Gasteiger partial charge in [-0.2, -0.15) is 6.07 Å². The van der Waals surface area contributed by atoms with E-state index >= 15 is 0 Å². The number of carbonyl (C=O) groups is 1. The van der Waals surface area contributed by atoms with Crippen LogP contribution in [-0.4, -0.2) is 49.2 Å². The SMILES string of the molecule is CN(C)c1ccnc(Oc2[c-]c(Oc3cc(N(C)C)cc(C(=O)O)n3)ccc2)c1.[Pt]. The van der Waals surface area contributed by atoms with Gasteiger partial charge in [0, 0.05) is 90.5 Å². The Morgan fingerprint density at radius 3 is 2.13 bits per heavy atom. The van der Waals surface area contributed by atoms with Gasteiger partial charge in [0.15, 0.2) is 5.69 Å². The van der Waals surface area contributed by atoms with Crippen LogP contribution in [0.15, 0.2) is 48.7 Å². The van der Waals surface area contributed by atoms with Gasteiger partial charge in [-0.3, -0.25) is 0 Å². The van der Waals surface area contributed by atoms with Crippen LogP contribution >= 0.6 is 0 Å². The fourth-order valence-corrected chi connectivity index (χ4v) is 2.42. The first-order valence-corrected chi connectivity index (χ1v) is 8.76. The van der Waals surface area contributed by atoms with Gasteiger partial charge in [0.2, 0.25) is 11.8 Å². The van der Waals surface area contributed by atoms with E-state index in [0.29, 0.717) is 23.1 Å². The van der Waals surface area contributed by atoms with Crippen molar-refractivity contribution in [3.63, 3.8) is 0 Å². The molecule has 0 saturated carbocycles. The Morgan fingerprint density at radius 1 is 0.933 bits per heavy atom. The van der Waals surface area contributed by atoms with Crippen LogP contribution in [0.5, 0.6) is 23.3 Å². The number of hydrogen-bond donors (Lipinski definition) is 1. The van der Waals surface area contributed by atoms with E-state index in [1.165, 1.54) is 6.07 Å². The van der Waals surface area contributed by atoms with Crippen molar-refractivity contribution in [3.8, 4) is 23.3 Å². The summed E-state index contributed by atoms with van der Waals surface area (Å²) in [4.78, 5) is 23.3. The molecule has 0 spiro atoms. The minimum absolute atomic E-state index is 0. The molecule has 0 bridgehead atoms. The van der Waals surface area contributed by atoms with Crippen LogP contribution in [0.25, 0.3) is 0 Å². The van der Waals surface area contributed by atoms with Crippen molar-refractivity contribution in [2.45, 2.75) is 0 Å². The van der Waals surface area contributed by atoms with E-state index in [4.69, 9.17) is 9.47 Å². The summed E-state index contributed by atoms with van der Waals surface area (Å²) in [6.45, 7) is 0. The van der Waals surface area contributed by atoms with Crippen LogP contribution in [0, 0.1) is 6.07 Å². The zero-order chi connectivity index (χ0) is 21.0. The van der Waals surface area contributed by atoms with Gasteiger partial charge in [0.1, 0.15) is 0 Å². The van der Waals surface area contributed by atoms with Gasteiger partial charge in [-0.25, -0.2) is 14.8 Å². The third-order valence-electron chi connectivity index (χ3n) is 3.93. The van der Waals surface area contributed by atoms with Gasteiger partial charge in [-0.1, -0.05) is 6.07 Å². The number of nitrogens with zero attached hydrogens (tertiary/aromatic N) is 4. The fraction of sp³-hybridized carbons (Fsp3) is 0.190. The molecule has 1 aromatic carbocycles. The number of anilines is 2. The summed E-state index contributed by atoms with van der Waals surface area (Å²) < 4.78 is 11.5. The number of pyridine rings is 2. The van der Waals surface area contributed by atoms with Gasteiger partial charge in [0.25, 0.3) is 0 Å². The first-order chi connectivity index (χ1) is 13.8. The molecule has 8 nitrogen and oxygen atoms in total. The van der Waals surface area contributed by atoms with E-state index in [0.717, 1.165) is 5.69 Å². The zero-order valence-electron chi connectivity index (χ0n) is 16.9. The van der Waals surface area contributed by atoms with E-state index in [-0.39, 0.29) is 32.6 Å². The molecule has 0 saturated heterocycles. The van der Waals surface area contributed by atoms with Crippen LogP contribution in [-0.2, 0) is 21.1 Å². The molecular formula is C21H21N4O4Pt-. The van der Waals surface area contributed by atoms with Crippen molar-refractivity contribution < 1.29 is 40.4 Å². The number of aromatic nitrogens is 2. The van der Waals surface area contributed by atoms with E-state index in [1.54, 1.807) is 49.5 Å². The second-order valence-electron chi connectivity index (χ2n) is 6.58. The molecule has 0 amide bonds. The monoisotopic (exact) mass is 588 g/mol. The topological polar surface area (TPSA) is 88.0 Å². The fourth-order valence-electron chi connectivity index (χ4n) is 2.42. The second-order valence-corrected chi connectivity index (χ2v) is 6.58. The summed E-state index contributed by atoms with van der Waals surface area (Å²) in [6.07, 6.45) is 1.66. The molecule has 0 aliphatic heterocycles. The number of ether oxygens (including phenoxy) is 2. The van der Waals surface area contributed by atoms with Crippen molar-refractivity contribution in [2.75, 3.05) is 38.0 Å². The van der Waals surface area contributed by atoms with Crippen molar-refractivity contribution in [2.24, 2.45) is 0 Å². The molecule has 0 aliphatic carbocycles. The van der Waals surface area contributed by atoms with E-state index in [9.17, 15) is 9.90 Å². The van der Waals surface area contributed by atoms with Gasteiger partial charge in [-0.15, -0.1) is 12.1 Å². The molecule has 30 heavy (non-hydrogen) atoms. The molecule has 2 aromatic heterocycles. The Morgan fingerprint density at radius 2 is 1.53 bits per heavy atom. The Bertz CT molecular complexity index is 1030. The third-order valence-corrected chi connectivity index (χ3v) is 3.93. The largest absolute Gasteiger partial charge is 0.477 e. The molecule has 1 N–H and O–H groups in total. The van der Waals surface area contributed by atoms with Crippen LogP contribution in [0.3, 0.4) is 0 Å². The van der Waals surface area contributed by atoms with Crippen molar-refractivity contribution >= 4 is 17.3 Å². The van der Waals surface area contributed by atoms with Crippen molar-refractivity contribution in [1.29, 1.82) is 0 Å². The summed E-state index contributed by atoms with van der Waals surface area (Å²) in [6, 6.07) is 14.9. The van der Waals surface area contributed by atoms with Gasteiger partial charge in [-0.05, 0) is 12.1 Å². The minimum Gasteiger partial charge on any atom is -0.477 e. The first-order valence-electron chi connectivity index (χ1n) is 8.76. The molecule has 2 heterocycles. The third kappa shape index (κ3) is 5.94. The maximum Gasteiger partial charge on any atom is 0.354 e. The van der Waals surface area contributed by atoms with Crippen LogP contribution in [0.2, 0.25) is 0 Å². The summed E-state index contributed by atoms with van der Waals surface area (Å²) in [5.74, 6) is 0.186. The second kappa shape index (κ2) is 10.1. The smallest absolute Gasteiger partial charge is 0.354 e. The number of benzene rings is 1. The van der Waals surface area contributed by atoms with Gasteiger partial charge in [0.05, 0.1) is 0 Å². The van der Waals surface area contributed by atoms with E-state index in [1.807, 2.05) is 31.1 Å². The summed E-state index contributed by atoms with van der Waals surface area (Å²) in [5, 5.41) is 9.28. The number of carboxylic acid groups (broad SMARTS) is 1. The molecule has 0 atom stereocenters. The molecule has 0 unspecified atom stereocenters. The normalized spacial score (nSPS) is 10.0. The Kier molecular flexibility index (Phi) is 7.78. The molecule has 160 valence electrons. The average molecular weight is 589 g/mol. The number of aromatic carboxylic acids is 1. The predicted octanol–water partition coefficient (Wildman–Crippen LogP) is 3.69. The molecule has 9 heteroatoms. The van der Waals surface area contributed by atoms with Crippen LogP contribution in [0.4, 0.5) is 11.4 Å². The molecule has 0 fully saturated rings. The minimum atomic E-state index is -1.13. The van der Waals surface area contributed by atoms with E-state index < -0.39 is 5.97 Å². The summed E-state index contributed by atoms with van der Waals surface area (Å²) in [7, 11) is 7.47. The van der Waals surface area contributed by atoms with Crippen molar-refractivity contribution in [3.05, 3.63) is 60.4 Å². The summed E-state index contributed by atoms with van der Waals surface area (Å²) in [5.41, 5.74) is 1.50. The molecule has 3 rings (SSSR count). The van der Waals surface area contributed by atoms with Gasteiger partial charge < -0.3 is 24.4 Å². The van der Waals surface area contributed by atoms with Crippen LogP contribution in [0.1, 0.15) is 10.5 Å². The van der Waals surface area contributed by atoms with Crippen molar-refractivity contribution in [1.82, 2.24) is 9.97 Å². The predicted molar refractivity (Wildman–Crippen MR) is 110 cm³/mol. The Balaban J connectivity index is 0.00000320. The molecule has 3 aromatic rings. The quantitative estimate of drug-likeness (QED) is 0.419. The molecule has 0 aliphatic rings. The molecular weight excluding hydrogens is 567 g/mol.